The molecule has 2 amide bonds. The van der Waals surface area contributed by atoms with Crippen molar-refractivity contribution in [1.29, 1.82) is 0 Å². The van der Waals surface area contributed by atoms with Gasteiger partial charge in [-0.25, -0.2) is 0 Å². The van der Waals surface area contributed by atoms with Gasteiger partial charge in [-0.1, -0.05) is 5.16 Å². The highest BCUT2D eigenvalue weighted by atomic mass is 16.5. The van der Waals surface area contributed by atoms with Gasteiger partial charge in [0.1, 0.15) is 12.9 Å². The van der Waals surface area contributed by atoms with Crippen LogP contribution < -0.4 is 5.32 Å². The number of nitrogens with one attached hydrogen (secondary N) is 1. The van der Waals surface area contributed by atoms with E-state index in [-0.39, 0.29) is 25.0 Å². The maximum absolute atomic E-state index is 11.8. The number of carbonyl (C=O) groups excluding carboxylic acids is 2. The molecular formula is C12H19N3O5. The highest BCUT2D eigenvalue weighted by Crippen LogP contribution is 2.02. The van der Waals surface area contributed by atoms with Gasteiger partial charge >= 0.3 is 0 Å². The Morgan fingerprint density at radius 1 is 1.40 bits per heavy atom. The number of nitrogens with zero attached hydrogens (tertiary/aromatic N) is 2. The minimum atomic E-state index is -0.347. The molecule has 0 bridgehead atoms. The summed E-state index contributed by atoms with van der Waals surface area (Å²) in [5.41, 5.74) is 0. The fraction of sp³-hybridized carbons (Fsp3) is 0.583. The molecule has 0 aliphatic rings. The molecule has 0 spiro atoms. The number of amides is 2. The number of rotatable bonds is 9. The van der Waals surface area contributed by atoms with Gasteiger partial charge in [-0.15, -0.1) is 0 Å². The molecule has 8 heteroatoms. The van der Waals surface area contributed by atoms with Crippen LogP contribution in [-0.4, -0.2) is 62.4 Å². The van der Waals surface area contributed by atoms with E-state index < -0.39 is 0 Å². The summed E-state index contributed by atoms with van der Waals surface area (Å²) >= 11 is 0. The molecular weight excluding hydrogens is 266 g/mol. The SMILES string of the molecule is COCCCN(CC(=O)Nc1ccon1)C(=O)COC. The summed E-state index contributed by atoms with van der Waals surface area (Å²) in [6.45, 7) is 0.799. The number of anilines is 1. The van der Waals surface area contributed by atoms with Crippen molar-refractivity contribution in [3.63, 3.8) is 0 Å². The van der Waals surface area contributed by atoms with Crippen LogP contribution in [0, 0.1) is 0 Å². The Kier molecular flexibility index (Phi) is 7.30. The topological polar surface area (TPSA) is 93.9 Å². The first kappa shape index (κ1) is 16.1. The van der Waals surface area contributed by atoms with E-state index in [1.54, 1.807) is 7.11 Å². The molecule has 20 heavy (non-hydrogen) atoms. The fourth-order valence-electron chi connectivity index (χ4n) is 1.54. The monoisotopic (exact) mass is 285 g/mol. The Morgan fingerprint density at radius 2 is 2.20 bits per heavy atom. The first-order valence-corrected chi connectivity index (χ1v) is 6.13. The Morgan fingerprint density at radius 3 is 2.80 bits per heavy atom. The average Bonchev–Trinajstić information content (AvgIpc) is 2.90. The van der Waals surface area contributed by atoms with Crippen LogP contribution in [0.2, 0.25) is 0 Å². The van der Waals surface area contributed by atoms with Crippen molar-refractivity contribution in [2.75, 3.05) is 45.8 Å². The molecule has 0 atom stereocenters. The molecule has 1 aromatic heterocycles. The maximum Gasteiger partial charge on any atom is 0.249 e. The van der Waals surface area contributed by atoms with E-state index in [0.29, 0.717) is 25.4 Å². The normalized spacial score (nSPS) is 10.3. The van der Waals surface area contributed by atoms with E-state index >= 15 is 0 Å². The first-order chi connectivity index (χ1) is 9.67. The van der Waals surface area contributed by atoms with Gasteiger partial charge in [0.25, 0.3) is 0 Å². The molecule has 1 rings (SSSR count). The summed E-state index contributed by atoms with van der Waals surface area (Å²) in [6.07, 6.45) is 1.99. The average molecular weight is 285 g/mol. The predicted octanol–water partition coefficient (Wildman–Crippen LogP) is 0.125. The molecule has 0 unspecified atom stereocenters. The largest absolute Gasteiger partial charge is 0.385 e. The third kappa shape index (κ3) is 5.81. The molecule has 0 aliphatic heterocycles. The molecule has 1 N–H and O–H groups in total. The highest BCUT2D eigenvalue weighted by molar-refractivity contribution is 5.93. The Bertz CT molecular complexity index is 407. The summed E-state index contributed by atoms with van der Waals surface area (Å²) in [7, 11) is 3.01. The van der Waals surface area contributed by atoms with Gasteiger partial charge in [-0.2, -0.15) is 0 Å². The predicted molar refractivity (Wildman–Crippen MR) is 70.1 cm³/mol. The second kappa shape index (κ2) is 9.05. The van der Waals surface area contributed by atoms with Gasteiger partial charge in [0.05, 0.1) is 6.54 Å². The lowest BCUT2D eigenvalue weighted by Gasteiger charge is -2.21. The highest BCUT2D eigenvalue weighted by Gasteiger charge is 2.17. The number of hydrogen-bond acceptors (Lipinski definition) is 6. The Balaban J connectivity index is 2.49. The van der Waals surface area contributed by atoms with E-state index in [4.69, 9.17) is 9.47 Å². The molecule has 8 nitrogen and oxygen atoms in total. The van der Waals surface area contributed by atoms with Crippen molar-refractivity contribution < 1.29 is 23.6 Å². The molecule has 0 saturated heterocycles. The standard InChI is InChI=1S/C12H19N3O5/c1-18-6-3-5-15(12(17)9-19-2)8-11(16)13-10-4-7-20-14-10/h4,7H,3,5-6,8-9H2,1-2H3,(H,13,14,16). The first-order valence-electron chi connectivity index (χ1n) is 6.13. The zero-order chi connectivity index (χ0) is 14.8. The van der Waals surface area contributed by atoms with Crippen LogP contribution in [0.5, 0.6) is 0 Å². The van der Waals surface area contributed by atoms with Gasteiger partial charge in [0.2, 0.25) is 11.8 Å². The molecule has 0 fully saturated rings. The van der Waals surface area contributed by atoms with Crippen LogP contribution in [0.25, 0.3) is 0 Å². The van der Waals surface area contributed by atoms with Crippen molar-refractivity contribution >= 4 is 17.6 Å². The Labute approximate surface area is 117 Å². The van der Waals surface area contributed by atoms with Gasteiger partial charge in [0, 0.05) is 33.4 Å². The molecule has 1 heterocycles. The van der Waals surface area contributed by atoms with E-state index in [1.807, 2.05) is 0 Å². The Hall–Kier alpha value is -1.93. The van der Waals surface area contributed by atoms with Crippen LogP contribution in [0.15, 0.2) is 16.9 Å². The molecule has 0 radical (unpaired) electrons. The lowest BCUT2D eigenvalue weighted by atomic mass is 10.3. The maximum atomic E-state index is 11.8. The summed E-state index contributed by atoms with van der Waals surface area (Å²) < 4.78 is 14.3. The zero-order valence-corrected chi connectivity index (χ0v) is 11.6. The van der Waals surface area contributed by atoms with E-state index in [0.717, 1.165) is 0 Å². The minimum Gasteiger partial charge on any atom is -0.385 e. The van der Waals surface area contributed by atoms with Crippen molar-refractivity contribution in [1.82, 2.24) is 10.1 Å². The number of ether oxygens (including phenoxy) is 2. The van der Waals surface area contributed by atoms with E-state index in [9.17, 15) is 9.59 Å². The minimum absolute atomic E-state index is 0.0653. The lowest BCUT2D eigenvalue weighted by molar-refractivity contribution is -0.138. The van der Waals surface area contributed by atoms with E-state index in [2.05, 4.69) is 15.0 Å². The summed E-state index contributed by atoms with van der Waals surface area (Å²) in [5, 5.41) is 6.10. The molecule has 0 saturated carbocycles. The summed E-state index contributed by atoms with van der Waals surface area (Å²) in [6, 6.07) is 1.52. The lowest BCUT2D eigenvalue weighted by Crippen LogP contribution is -2.40. The number of methoxy groups -OCH3 is 2. The summed E-state index contributed by atoms with van der Waals surface area (Å²) in [4.78, 5) is 25.0. The molecule has 0 aliphatic carbocycles. The van der Waals surface area contributed by atoms with Gasteiger partial charge < -0.3 is 24.2 Å². The van der Waals surface area contributed by atoms with Gasteiger partial charge in [-0.3, -0.25) is 9.59 Å². The summed E-state index contributed by atoms with van der Waals surface area (Å²) in [5.74, 6) is -0.286. The molecule has 1 aromatic rings. The van der Waals surface area contributed by atoms with Crippen LogP contribution in [-0.2, 0) is 19.1 Å². The van der Waals surface area contributed by atoms with Crippen LogP contribution >= 0.6 is 0 Å². The van der Waals surface area contributed by atoms with Crippen LogP contribution in [0.1, 0.15) is 6.42 Å². The zero-order valence-electron chi connectivity index (χ0n) is 11.6. The molecule has 112 valence electrons. The fourth-order valence-corrected chi connectivity index (χ4v) is 1.54. The van der Waals surface area contributed by atoms with Gasteiger partial charge in [0.15, 0.2) is 5.82 Å². The third-order valence-electron chi connectivity index (χ3n) is 2.44. The number of hydrogen-bond donors (Lipinski definition) is 1. The second-order valence-electron chi connectivity index (χ2n) is 4.03. The number of carbonyl (C=O) groups is 2. The second-order valence-corrected chi connectivity index (χ2v) is 4.03. The van der Waals surface area contributed by atoms with Crippen LogP contribution in [0.3, 0.4) is 0 Å². The number of aromatic nitrogens is 1. The van der Waals surface area contributed by atoms with Crippen molar-refractivity contribution in [2.24, 2.45) is 0 Å². The van der Waals surface area contributed by atoms with Crippen molar-refractivity contribution in [2.45, 2.75) is 6.42 Å². The smallest absolute Gasteiger partial charge is 0.249 e. The molecule has 0 aromatic carbocycles. The van der Waals surface area contributed by atoms with E-state index in [1.165, 1.54) is 24.3 Å². The van der Waals surface area contributed by atoms with Crippen molar-refractivity contribution in [3.05, 3.63) is 12.3 Å². The van der Waals surface area contributed by atoms with Crippen LogP contribution in [0.4, 0.5) is 5.82 Å². The third-order valence-corrected chi connectivity index (χ3v) is 2.44. The van der Waals surface area contributed by atoms with Gasteiger partial charge in [-0.05, 0) is 6.42 Å². The van der Waals surface area contributed by atoms with Crippen molar-refractivity contribution in [3.8, 4) is 0 Å². The quantitative estimate of drug-likeness (QED) is 0.648.